The van der Waals surface area contributed by atoms with Crippen molar-refractivity contribution < 1.29 is 18.7 Å². The second-order valence-corrected chi connectivity index (χ2v) is 8.09. The standard InChI is InChI=1S/C22H30N4O4/c1-23-22(25-9-4-11-29-14-17-5-2-12-30-17)24-8-3-10-26-20(27)18-15-6-7-16(13-15)19(18)21(26)28/h2,5-7,12,15-16,18-19H,3-4,8-11,13-14H2,1H3,(H2,23,24,25). The van der Waals surface area contributed by atoms with Gasteiger partial charge in [0.15, 0.2) is 5.96 Å². The summed E-state index contributed by atoms with van der Waals surface area (Å²) in [6.07, 6.45) is 8.40. The number of hydrogen-bond donors (Lipinski definition) is 2. The van der Waals surface area contributed by atoms with Crippen LogP contribution in [0.4, 0.5) is 0 Å². The Morgan fingerprint density at radius 2 is 1.87 bits per heavy atom. The van der Waals surface area contributed by atoms with Gasteiger partial charge in [-0.1, -0.05) is 12.2 Å². The van der Waals surface area contributed by atoms with Crippen LogP contribution in [0.3, 0.4) is 0 Å². The van der Waals surface area contributed by atoms with Crippen molar-refractivity contribution in [2.45, 2.75) is 25.9 Å². The molecule has 8 nitrogen and oxygen atoms in total. The third-order valence-corrected chi connectivity index (χ3v) is 6.22. The number of amides is 2. The summed E-state index contributed by atoms with van der Waals surface area (Å²) in [7, 11) is 1.72. The van der Waals surface area contributed by atoms with E-state index in [1.54, 1.807) is 13.3 Å². The number of guanidine groups is 1. The predicted octanol–water partition coefficient (Wildman–Crippen LogP) is 1.55. The number of nitrogens with zero attached hydrogens (tertiary/aromatic N) is 2. The number of fused-ring (bicyclic) bond motifs is 5. The van der Waals surface area contributed by atoms with Gasteiger partial charge in [-0.05, 0) is 43.2 Å². The lowest BCUT2D eigenvalue weighted by Crippen LogP contribution is -2.40. The first kappa shape index (κ1) is 20.7. The molecule has 4 unspecified atom stereocenters. The fourth-order valence-corrected chi connectivity index (χ4v) is 4.80. The van der Waals surface area contributed by atoms with Crippen LogP contribution in [0.15, 0.2) is 40.0 Å². The van der Waals surface area contributed by atoms with Gasteiger partial charge in [-0.3, -0.25) is 19.5 Å². The number of ether oxygens (including phenoxy) is 1. The zero-order chi connectivity index (χ0) is 20.9. The number of imide groups is 1. The lowest BCUT2D eigenvalue weighted by atomic mass is 9.85. The van der Waals surface area contributed by atoms with Gasteiger partial charge in [0.2, 0.25) is 11.8 Å². The molecule has 2 heterocycles. The maximum Gasteiger partial charge on any atom is 0.233 e. The highest BCUT2D eigenvalue weighted by atomic mass is 16.5. The monoisotopic (exact) mass is 414 g/mol. The molecule has 3 aliphatic rings. The summed E-state index contributed by atoms with van der Waals surface area (Å²) < 4.78 is 10.8. The van der Waals surface area contributed by atoms with E-state index in [1.807, 2.05) is 12.1 Å². The number of nitrogens with one attached hydrogen (secondary N) is 2. The first-order valence-electron chi connectivity index (χ1n) is 10.8. The smallest absolute Gasteiger partial charge is 0.233 e. The van der Waals surface area contributed by atoms with Crippen LogP contribution in [0.25, 0.3) is 0 Å². The quantitative estimate of drug-likeness (QED) is 0.198. The third kappa shape index (κ3) is 4.28. The van der Waals surface area contributed by atoms with E-state index in [0.29, 0.717) is 38.7 Å². The normalized spacial score (nSPS) is 27.2. The van der Waals surface area contributed by atoms with Crippen LogP contribution in [-0.4, -0.2) is 56.0 Å². The average Bonchev–Trinajstić information content (AvgIpc) is 3.53. The Hall–Kier alpha value is -2.61. The maximum atomic E-state index is 12.7. The SMILES string of the molecule is CN=C(NCCCOCc1ccco1)NCCCN1C(=O)C2C3C=CC(C3)C2C1=O. The zero-order valence-corrected chi connectivity index (χ0v) is 17.4. The second-order valence-electron chi connectivity index (χ2n) is 8.09. The number of likely N-dealkylation sites (tertiary alicyclic amines) is 1. The minimum Gasteiger partial charge on any atom is -0.467 e. The highest BCUT2D eigenvalue weighted by Crippen LogP contribution is 2.52. The van der Waals surface area contributed by atoms with Gasteiger partial charge in [-0.15, -0.1) is 0 Å². The van der Waals surface area contributed by atoms with E-state index in [1.165, 1.54) is 4.90 Å². The topological polar surface area (TPSA) is 96.2 Å². The summed E-state index contributed by atoms with van der Waals surface area (Å²) in [5, 5.41) is 6.48. The molecule has 1 aromatic rings. The van der Waals surface area contributed by atoms with E-state index in [-0.39, 0.29) is 35.5 Å². The fourth-order valence-electron chi connectivity index (χ4n) is 4.80. The van der Waals surface area contributed by atoms with Gasteiger partial charge in [0.25, 0.3) is 0 Å². The van der Waals surface area contributed by atoms with Crippen LogP contribution in [-0.2, 0) is 20.9 Å². The molecule has 1 aromatic heterocycles. The molecule has 0 aromatic carbocycles. The first-order chi connectivity index (χ1) is 14.7. The molecule has 4 rings (SSSR count). The Morgan fingerprint density at radius 3 is 2.50 bits per heavy atom. The molecule has 8 heteroatoms. The number of allylic oxidation sites excluding steroid dienone is 2. The Labute approximate surface area is 176 Å². The molecule has 2 amide bonds. The number of carbonyl (C=O) groups is 2. The average molecular weight is 415 g/mol. The summed E-state index contributed by atoms with van der Waals surface area (Å²) in [6, 6.07) is 3.74. The molecule has 0 spiro atoms. The molecular formula is C22H30N4O4. The molecule has 2 bridgehead atoms. The molecule has 162 valence electrons. The van der Waals surface area contributed by atoms with Gasteiger partial charge in [0, 0.05) is 33.3 Å². The predicted molar refractivity (Wildman–Crippen MR) is 111 cm³/mol. The Morgan fingerprint density at radius 1 is 1.17 bits per heavy atom. The van der Waals surface area contributed by atoms with Crippen LogP contribution in [0.5, 0.6) is 0 Å². The highest BCUT2D eigenvalue weighted by Gasteiger charge is 2.58. The van der Waals surface area contributed by atoms with Crippen molar-refractivity contribution in [3.8, 4) is 0 Å². The summed E-state index contributed by atoms with van der Waals surface area (Å²) in [4.78, 5) is 31.0. The van der Waals surface area contributed by atoms with E-state index < -0.39 is 0 Å². The lowest BCUT2D eigenvalue weighted by Gasteiger charge is -2.18. The molecule has 2 aliphatic carbocycles. The highest BCUT2D eigenvalue weighted by molar-refractivity contribution is 6.06. The van der Waals surface area contributed by atoms with Crippen molar-refractivity contribution in [1.82, 2.24) is 15.5 Å². The number of aliphatic imine (C=N–C) groups is 1. The van der Waals surface area contributed by atoms with E-state index >= 15 is 0 Å². The zero-order valence-electron chi connectivity index (χ0n) is 17.4. The van der Waals surface area contributed by atoms with Crippen molar-refractivity contribution in [2.75, 3.05) is 33.3 Å². The van der Waals surface area contributed by atoms with E-state index in [4.69, 9.17) is 9.15 Å². The van der Waals surface area contributed by atoms with Gasteiger partial charge in [0.1, 0.15) is 12.4 Å². The second kappa shape index (κ2) is 9.47. The van der Waals surface area contributed by atoms with Crippen LogP contribution in [0.2, 0.25) is 0 Å². The number of furan rings is 1. The molecule has 1 saturated heterocycles. The minimum absolute atomic E-state index is 0.0268. The molecule has 4 atom stereocenters. The summed E-state index contributed by atoms with van der Waals surface area (Å²) in [5.74, 6) is 1.91. The van der Waals surface area contributed by atoms with Gasteiger partial charge >= 0.3 is 0 Å². The van der Waals surface area contributed by atoms with Crippen molar-refractivity contribution in [1.29, 1.82) is 0 Å². The lowest BCUT2D eigenvalue weighted by molar-refractivity contribution is -0.140. The molecular weight excluding hydrogens is 384 g/mol. The number of carbonyl (C=O) groups excluding carboxylic acids is 2. The summed E-state index contributed by atoms with van der Waals surface area (Å²) >= 11 is 0. The van der Waals surface area contributed by atoms with Gasteiger partial charge in [0.05, 0.1) is 18.1 Å². The number of hydrogen-bond acceptors (Lipinski definition) is 5. The largest absolute Gasteiger partial charge is 0.467 e. The first-order valence-corrected chi connectivity index (χ1v) is 10.8. The van der Waals surface area contributed by atoms with Crippen LogP contribution < -0.4 is 10.6 Å². The van der Waals surface area contributed by atoms with Crippen LogP contribution in [0, 0.1) is 23.7 Å². The fraction of sp³-hybridized carbons (Fsp3) is 0.591. The van der Waals surface area contributed by atoms with Crippen molar-refractivity contribution in [3.05, 3.63) is 36.3 Å². The van der Waals surface area contributed by atoms with Gasteiger partial charge < -0.3 is 19.8 Å². The molecule has 1 saturated carbocycles. The van der Waals surface area contributed by atoms with Crippen LogP contribution in [0.1, 0.15) is 25.0 Å². The third-order valence-electron chi connectivity index (χ3n) is 6.22. The summed E-state index contributed by atoms with van der Waals surface area (Å²) in [6.45, 7) is 2.96. The number of rotatable bonds is 10. The molecule has 2 N–H and O–H groups in total. The maximum absolute atomic E-state index is 12.7. The van der Waals surface area contributed by atoms with Crippen molar-refractivity contribution in [2.24, 2.45) is 28.7 Å². The van der Waals surface area contributed by atoms with Crippen LogP contribution >= 0.6 is 0 Å². The van der Waals surface area contributed by atoms with E-state index in [0.717, 1.165) is 25.1 Å². The Bertz CT molecular complexity index is 774. The molecule has 1 aliphatic heterocycles. The Kier molecular flexibility index (Phi) is 6.52. The summed E-state index contributed by atoms with van der Waals surface area (Å²) in [5.41, 5.74) is 0. The van der Waals surface area contributed by atoms with Crippen molar-refractivity contribution >= 4 is 17.8 Å². The molecule has 0 radical (unpaired) electrons. The minimum atomic E-state index is -0.107. The van der Waals surface area contributed by atoms with Crippen molar-refractivity contribution in [3.63, 3.8) is 0 Å². The van der Waals surface area contributed by atoms with E-state index in [9.17, 15) is 9.59 Å². The Balaban J connectivity index is 1.09. The molecule has 2 fully saturated rings. The van der Waals surface area contributed by atoms with Gasteiger partial charge in [-0.2, -0.15) is 0 Å². The van der Waals surface area contributed by atoms with Gasteiger partial charge in [-0.25, -0.2) is 0 Å². The van der Waals surface area contributed by atoms with E-state index in [2.05, 4.69) is 27.8 Å². The molecule has 30 heavy (non-hydrogen) atoms.